The minimum absolute atomic E-state index is 0.107. The lowest BCUT2D eigenvalue weighted by molar-refractivity contribution is 0.0525. The van der Waals surface area contributed by atoms with Crippen LogP contribution >= 0.6 is 0 Å². The third-order valence-corrected chi connectivity index (χ3v) is 4.90. The molecule has 3 aromatic carbocycles. The Bertz CT molecular complexity index is 1020. The fraction of sp³-hybridized carbons (Fsp3) is 0.174. The van der Waals surface area contributed by atoms with Crippen LogP contribution in [-0.4, -0.2) is 31.2 Å². The lowest BCUT2D eigenvalue weighted by atomic mass is 10.0. The summed E-state index contributed by atoms with van der Waals surface area (Å²) >= 11 is 0. The summed E-state index contributed by atoms with van der Waals surface area (Å²) in [5.41, 5.74) is 2.96. The molecule has 0 aromatic heterocycles. The van der Waals surface area contributed by atoms with Crippen LogP contribution in [-0.2, 0) is 6.42 Å². The van der Waals surface area contributed by atoms with Crippen LogP contribution in [0.15, 0.2) is 66.7 Å². The highest BCUT2D eigenvalue weighted by Crippen LogP contribution is 2.35. The van der Waals surface area contributed by atoms with Gasteiger partial charge in [0.15, 0.2) is 6.73 Å². The smallest absolute Gasteiger partial charge is 0.260 e. The molecule has 0 atom stereocenters. The Labute approximate surface area is 163 Å². The predicted octanol–water partition coefficient (Wildman–Crippen LogP) is 4.54. The summed E-state index contributed by atoms with van der Waals surface area (Å²) in [5, 5.41) is 0. The normalized spacial score (nSPS) is 13.1. The van der Waals surface area contributed by atoms with E-state index in [4.69, 9.17) is 9.47 Å². The van der Waals surface area contributed by atoms with Gasteiger partial charge < -0.3 is 14.4 Å². The van der Waals surface area contributed by atoms with Crippen LogP contribution in [0.2, 0.25) is 0 Å². The van der Waals surface area contributed by atoms with Crippen LogP contribution < -0.4 is 9.47 Å². The van der Waals surface area contributed by atoms with Gasteiger partial charge in [-0.15, -0.1) is 0 Å². The van der Waals surface area contributed by atoms with Gasteiger partial charge in [-0.2, -0.15) is 0 Å². The van der Waals surface area contributed by atoms with E-state index in [1.54, 1.807) is 36.3 Å². The standard InChI is InChI=1S/C23H20FNO3/c1-27-21-9-5-3-7-18(21)17-10-11-19-22(14-17)28-15-25(23(19)26)13-12-16-6-2-4-8-20(16)24/h2-11,14H,12-13,15H2,1H3. The van der Waals surface area contributed by atoms with E-state index in [1.807, 2.05) is 36.4 Å². The number of hydrogen-bond acceptors (Lipinski definition) is 3. The molecule has 4 rings (SSSR count). The SMILES string of the molecule is COc1ccccc1-c1ccc2c(c1)OCN(CCc1ccccc1F)C2=O. The first-order chi connectivity index (χ1) is 13.7. The molecule has 4 nitrogen and oxygen atoms in total. The highest BCUT2D eigenvalue weighted by atomic mass is 19.1. The molecule has 0 N–H and O–H groups in total. The summed E-state index contributed by atoms with van der Waals surface area (Å²) in [6.45, 7) is 0.545. The van der Waals surface area contributed by atoms with E-state index >= 15 is 0 Å². The Kier molecular flexibility index (Phi) is 4.98. The topological polar surface area (TPSA) is 38.8 Å². The second-order valence-corrected chi connectivity index (χ2v) is 6.59. The van der Waals surface area contributed by atoms with E-state index in [9.17, 15) is 9.18 Å². The van der Waals surface area contributed by atoms with Gasteiger partial charge in [0.1, 0.15) is 17.3 Å². The molecule has 0 saturated heterocycles. The number of fused-ring (bicyclic) bond motifs is 1. The van der Waals surface area contributed by atoms with Crippen molar-refractivity contribution < 1.29 is 18.7 Å². The number of nitrogens with zero attached hydrogens (tertiary/aromatic N) is 1. The van der Waals surface area contributed by atoms with Gasteiger partial charge in [0.05, 0.1) is 12.7 Å². The Balaban J connectivity index is 1.53. The number of amides is 1. The number of para-hydroxylation sites is 1. The molecule has 0 fully saturated rings. The largest absolute Gasteiger partial charge is 0.496 e. The molecule has 0 saturated carbocycles. The van der Waals surface area contributed by atoms with Crippen LogP contribution in [0.25, 0.3) is 11.1 Å². The second-order valence-electron chi connectivity index (χ2n) is 6.59. The zero-order valence-electron chi connectivity index (χ0n) is 15.5. The first-order valence-corrected chi connectivity index (χ1v) is 9.10. The molecular weight excluding hydrogens is 357 g/mol. The van der Waals surface area contributed by atoms with E-state index in [0.29, 0.717) is 29.8 Å². The molecule has 1 heterocycles. The maximum atomic E-state index is 13.8. The molecule has 28 heavy (non-hydrogen) atoms. The number of halogens is 1. The first kappa shape index (κ1) is 18.0. The second kappa shape index (κ2) is 7.72. The van der Waals surface area contributed by atoms with Crippen molar-refractivity contribution in [1.82, 2.24) is 4.90 Å². The van der Waals surface area contributed by atoms with Gasteiger partial charge in [-0.3, -0.25) is 4.79 Å². The van der Waals surface area contributed by atoms with Crippen molar-refractivity contribution in [2.45, 2.75) is 6.42 Å². The van der Waals surface area contributed by atoms with Gasteiger partial charge in [0, 0.05) is 12.1 Å². The van der Waals surface area contributed by atoms with E-state index in [0.717, 1.165) is 16.9 Å². The number of carbonyl (C=O) groups is 1. The maximum absolute atomic E-state index is 13.8. The van der Waals surface area contributed by atoms with Gasteiger partial charge in [0.25, 0.3) is 5.91 Å². The molecule has 5 heteroatoms. The van der Waals surface area contributed by atoms with Crippen LogP contribution in [0.3, 0.4) is 0 Å². The lowest BCUT2D eigenvalue weighted by Gasteiger charge is -2.29. The molecule has 0 radical (unpaired) electrons. The molecule has 142 valence electrons. The summed E-state index contributed by atoms with van der Waals surface area (Å²) in [6.07, 6.45) is 0.441. The molecule has 0 spiro atoms. The zero-order chi connectivity index (χ0) is 19.5. The van der Waals surface area contributed by atoms with E-state index < -0.39 is 0 Å². The molecule has 1 aliphatic heterocycles. The Morgan fingerprint density at radius 2 is 1.82 bits per heavy atom. The van der Waals surface area contributed by atoms with Crippen molar-refractivity contribution in [2.24, 2.45) is 0 Å². The molecule has 0 aliphatic carbocycles. The molecule has 1 amide bonds. The van der Waals surface area contributed by atoms with Gasteiger partial charge in [0.2, 0.25) is 0 Å². The van der Waals surface area contributed by atoms with Crippen LogP contribution in [0, 0.1) is 5.82 Å². The van der Waals surface area contributed by atoms with Crippen molar-refractivity contribution in [3.05, 3.63) is 83.7 Å². The van der Waals surface area contributed by atoms with Gasteiger partial charge >= 0.3 is 0 Å². The summed E-state index contributed by atoms with van der Waals surface area (Å²) in [4.78, 5) is 14.4. The third kappa shape index (κ3) is 3.43. The molecule has 3 aromatic rings. The molecular formula is C23H20FNO3. The van der Waals surface area contributed by atoms with Crippen molar-refractivity contribution >= 4 is 5.91 Å². The summed E-state index contributed by atoms with van der Waals surface area (Å²) in [6, 6.07) is 19.8. The summed E-state index contributed by atoms with van der Waals surface area (Å²) in [7, 11) is 1.63. The average Bonchev–Trinajstić information content (AvgIpc) is 2.74. The van der Waals surface area contributed by atoms with Crippen LogP contribution in [0.1, 0.15) is 15.9 Å². The Morgan fingerprint density at radius 3 is 2.64 bits per heavy atom. The van der Waals surface area contributed by atoms with E-state index in [1.165, 1.54) is 6.07 Å². The number of methoxy groups -OCH3 is 1. The van der Waals surface area contributed by atoms with Crippen molar-refractivity contribution in [1.29, 1.82) is 0 Å². The first-order valence-electron chi connectivity index (χ1n) is 9.10. The van der Waals surface area contributed by atoms with E-state index in [-0.39, 0.29) is 18.5 Å². The number of rotatable bonds is 5. The summed E-state index contributed by atoms with van der Waals surface area (Å²) < 4.78 is 25.1. The number of benzene rings is 3. The molecule has 1 aliphatic rings. The average molecular weight is 377 g/mol. The van der Waals surface area contributed by atoms with Crippen LogP contribution in [0.4, 0.5) is 4.39 Å². The monoisotopic (exact) mass is 377 g/mol. The third-order valence-electron chi connectivity index (χ3n) is 4.90. The van der Waals surface area contributed by atoms with Crippen molar-refractivity contribution in [3.63, 3.8) is 0 Å². The van der Waals surface area contributed by atoms with Gasteiger partial charge in [-0.1, -0.05) is 42.5 Å². The number of hydrogen-bond donors (Lipinski definition) is 0. The van der Waals surface area contributed by atoms with Gasteiger partial charge in [-0.05, 0) is 41.8 Å². The zero-order valence-corrected chi connectivity index (χ0v) is 15.5. The minimum atomic E-state index is -0.255. The summed E-state index contributed by atoms with van der Waals surface area (Å²) in [5.74, 6) is 0.950. The fourth-order valence-corrected chi connectivity index (χ4v) is 3.37. The highest BCUT2D eigenvalue weighted by Gasteiger charge is 2.26. The quantitative estimate of drug-likeness (QED) is 0.655. The highest BCUT2D eigenvalue weighted by molar-refractivity contribution is 5.98. The minimum Gasteiger partial charge on any atom is -0.496 e. The van der Waals surface area contributed by atoms with E-state index in [2.05, 4.69) is 0 Å². The fourth-order valence-electron chi connectivity index (χ4n) is 3.37. The maximum Gasteiger partial charge on any atom is 0.260 e. The molecule has 0 bridgehead atoms. The van der Waals surface area contributed by atoms with Crippen molar-refractivity contribution in [3.8, 4) is 22.6 Å². The Hall–Kier alpha value is -3.34. The predicted molar refractivity (Wildman–Crippen MR) is 105 cm³/mol. The van der Waals surface area contributed by atoms with Crippen LogP contribution in [0.5, 0.6) is 11.5 Å². The van der Waals surface area contributed by atoms with Gasteiger partial charge in [-0.25, -0.2) is 4.39 Å². The Morgan fingerprint density at radius 1 is 1.04 bits per heavy atom. The molecule has 0 unspecified atom stereocenters. The van der Waals surface area contributed by atoms with Crippen molar-refractivity contribution in [2.75, 3.05) is 20.4 Å². The lowest BCUT2D eigenvalue weighted by Crippen LogP contribution is -2.39. The number of carbonyl (C=O) groups excluding carboxylic acids is 1. The number of ether oxygens (including phenoxy) is 2.